The number of hydrogen-bond donors (Lipinski definition) is 1. The molecule has 1 aromatic carbocycles. The highest BCUT2D eigenvalue weighted by Gasteiger charge is 2.27. The molecule has 0 unspecified atom stereocenters. The predicted molar refractivity (Wildman–Crippen MR) is 108 cm³/mol. The lowest BCUT2D eigenvalue weighted by Gasteiger charge is -2.30. The molecule has 28 heavy (non-hydrogen) atoms. The van der Waals surface area contributed by atoms with Gasteiger partial charge < -0.3 is 14.8 Å². The Morgan fingerprint density at radius 3 is 2.54 bits per heavy atom. The fourth-order valence-corrected chi connectivity index (χ4v) is 3.61. The van der Waals surface area contributed by atoms with Crippen molar-refractivity contribution in [2.45, 2.75) is 52.7 Å². The van der Waals surface area contributed by atoms with Crippen LogP contribution in [0.4, 0.5) is 0 Å². The number of nitrogens with zero attached hydrogens (tertiary/aromatic N) is 2. The van der Waals surface area contributed by atoms with Gasteiger partial charge in [-0.2, -0.15) is 0 Å². The van der Waals surface area contributed by atoms with Crippen molar-refractivity contribution in [3.8, 4) is 0 Å². The summed E-state index contributed by atoms with van der Waals surface area (Å²) in [5, 5.41) is 2.85. The minimum absolute atomic E-state index is 0.000803. The molecule has 6 nitrogen and oxygen atoms in total. The van der Waals surface area contributed by atoms with Crippen molar-refractivity contribution in [2.24, 2.45) is 0 Å². The van der Waals surface area contributed by atoms with Gasteiger partial charge in [0.15, 0.2) is 0 Å². The van der Waals surface area contributed by atoms with Crippen molar-refractivity contribution in [1.29, 1.82) is 0 Å². The first-order valence-electron chi connectivity index (χ1n) is 9.72. The molecule has 1 aromatic heterocycles. The summed E-state index contributed by atoms with van der Waals surface area (Å²) >= 11 is 0. The monoisotopic (exact) mass is 381 g/mol. The van der Waals surface area contributed by atoms with E-state index in [2.05, 4.69) is 5.32 Å². The van der Waals surface area contributed by atoms with Gasteiger partial charge in [0.25, 0.3) is 11.5 Å². The van der Waals surface area contributed by atoms with Crippen LogP contribution in [0.2, 0.25) is 0 Å². The maximum Gasteiger partial charge on any atom is 0.263 e. The van der Waals surface area contributed by atoms with Crippen LogP contribution in [0.15, 0.2) is 41.3 Å². The zero-order valence-corrected chi connectivity index (χ0v) is 16.7. The number of hydrogen-bond acceptors (Lipinski definition) is 3. The summed E-state index contributed by atoms with van der Waals surface area (Å²) in [6.07, 6.45) is 3.04. The second-order valence-corrected chi connectivity index (χ2v) is 7.56. The summed E-state index contributed by atoms with van der Waals surface area (Å²) in [6, 6.07) is 9.88. The molecule has 0 bridgehead atoms. The average molecular weight is 381 g/mol. The Bertz CT molecular complexity index is 932. The standard InChI is InChI=1S/C22H27N3O3/c1-15(2)23-21(27)20-19-10-12-24(16(3)26)13-18(19)14-25(22(20)28)11-9-17-7-5-4-6-8-17/h4-8,14-15H,9-13H2,1-3H3,(H,23,27). The molecule has 0 atom stereocenters. The molecular weight excluding hydrogens is 354 g/mol. The summed E-state index contributed by atoms with van der Waals surface area (Å²) in [5.74, 6) is -0.331. The quantitative estimate of drug-likeness (QED) is 0.863. The van der Waals surface area contributed by atoms with Crippen LogP contribution < -0.4 is 10.9 Å². The summed E-state index contributed by atoms with van der Waals surface area (Å²) in [4.78, 5) is 39.5. The van der Waals surface area contributed by atoms with Gasteiger partial charge in [0.2, 0.25) is 5.91 Å². The van der Waals surface area contributed by atoms with E-state index in [1.165, 1.54) is 0 Å². The highest BCUT2D eigenvalue weighted by molar-refractivity contribution is 5.96. The molecule has 0 aliphatic carbocycles. The molecule has 0 spiro atoms. The van der Waals surface area contributed by atoms with Gasteiger partial charge >= 0.3 is 0 Å². The molecule has 3 rings (SSSR count). The first-order valence-corrected chi connectivity index (χ1v) is 9.72. The van der Waals surface area contributed by atoms with Gasteiger partial charge in [0, 0.05) is 38.8 Å². The maximum absolute atomic E-state index is 13.1. The lowest BCUT2D eigenvalue weighted by atomic mass is 9.95. The maximum atomic E-state index is 13.1. The molecule has 2 amide bonds. The van der Waals surface area contributed by atoms with E-state index >= 15 is 0 Å². The van der Waals surface area contributed by atoms with Gasteiger partial charge in [0.1, 0.15) is 5.56 Å². The minimum atomic E-state index is -0.332. The van der Waals surface area contributed by atoms with E-state index in [9.17, 15) is 14.4 Å². The number of carbonyl (C=O) groups is 2. The van der Waals surface area contributed by atoms with Crippen molar-refractivity contribution >= 4 is 11.8 Å². The van der Waals surface area contributed by atoms with E-state index in [0.717, 1.165) is 16.7 Å². The molecule has 2 heterocycles. The van der Waals surface area contributed by atoms with Crippen molar-refractivity contribution in [2.75, 3.05) is 6.54 Å². The summed E-state index contributed by atoms with van der Waals surface area (Å²) in [6.45, 7) is 6.73. The number of benzene rings is 1. The van der Waals surface area contributed by atoms with Crippen LogP contribution in [0.3, 0.4) is 0 Å². The van der Waals surface area contributed by atoms with Crippen molar-refractivity contribution < 1.29 is 9.59 Å². The van der Waals surface area contributed by atoms with Crippen molar-refractivity contribution in [3.63, 3.8) is 0 Å². The van der Waals surface area contributed by atoms with Crippen LogP contribution in [0.25, 0.3) is 0 Å². The number of nitrogens with one attached hydrogen (secondary N) is 1. The minimum Gasteiger partial charge on any atom is -0.350 e. The highest BCUT2D eigenvalue weighted by atomic mass is 16.2. The summed E-state index contributed by atoms with van der Waals surface area (Å²) in [7, 11) is 0. The van der Waals surface area contributed by atoms with E-state index in [4.69, 9.17) is 0 Å². The first kappa shape index (κ1) is 19.9. The largest absolute Gasteiger partial charge is 0.350 e. The second-order valence-electron chi connectivity index (χ2n) is 7.56. The fraction of sp³-hybridized carbons (Fsp3) is 0.409. The Kier molecular flexibility index (Phi) is 5.97. The Labute approximate surface area is 165 Å². The van der Waals surface area contributed by atoms with E-state index in [1.807, 2.05) is 50.4 Å². The third-order valence-corrected chi connectivity index (χ3v) is 5.05. The average Bonchev–Trinajstić information content (AvgIpc) is 2.66. The van der Waals surface area contributed by atoms with Crippen molar-refractivity contribution in [3.05, 3.63) is 69.1 Å². The van der Waals surface area contributed by atoms with Crippen LogP contribution >= 0.6 is 0 Å². The first-order chi connectivity index (χ1) is 13.4. The lowest BCUT2D eigenvalue weighted by molar-refractivity contribution is -0.129. The van der Waals surface area contributed by atoms with Crippen LogP contribution in [-0.2, 0) is 30.7 Å². The van der Waals surface area contributed by atoms with Crippen LogP contribution in [-0.4, -0.2) is 33.9 Å². The number of pyridine rings is 1. The Balaban J connectivity index is 2.00. The number of rotatable bonds is 5. The molecule has 6 heteroatoms. The van der Waals surface area contributed by atoms with Gasteiger partial charge in [-0.3, -0.25) is 14.4 Å². The van der Waals surface area contributed by atoms with E-state index < -0.39 is 0 Å². The number of aryl methyl sites for hydroxylation is 2. The number of amides is 2. The molecule has 0 saturated carbocycles. The van der Waals surface area contributed by atoms with Crippen LogP contribution in [0.5, 0.6) is 0 Å². The molecule has 2 aromatic rings. The second kappa shape index (κ2) is 8.42. The molecule has 1 N–H and O–H groups in total. The zero-order chi connectivity index (χ0) is 20.3. The zero-order valence-electron chi connectivity index (χ0n) is 16.7. The van der Waals surface area contributed by atoms with Gasteiger partial charge in [0.05, 0.1) is 0 Å². The lowest BCUT2D eigenvalue weighted by Crippen LogP contribution is -2.42. The van der Waals surface area contributed by atoms with Crippen LogP contribution in [0.1, 0.15) is 47.8 Å². The third-order valence-electron chi connectivity index (χ3n) is 5.05. The predicted octanol–water partition coefficient (Wildman–Crippen LogP) is 2.13. The molecule has 0 radical (unpaired) electrons. The van der Waals surface area contributed by atoms with Crippen molar-refractivity contribution in [1.82, 2.24) is 14.8 Å². The Morgan fingerprint density at radius 2 is 1.89 bits per heavy atom. The van der Waals surface area contributed by atoms with Gasteiger partial charge in [-0.25, -0.2) is 0 Å². The highest BCUT2D eigenvalue weighted by Crippen LogP contribution is 2.21. The molecule has 0 saturated heterocycles. The summed E-state index contributed by atoms with van der Waals surface area (Å²) < 4.78 is 1.62. The molecule has 148 valence electrons. The SMILES string of the molecule is CC(=O)N1CCc2c(cn(CCc3ccccc3)c(=O)c2C(=O)NC(C)C)C1. The van der Waals surface area contributed by atoms with Gasteiger partial charge in [-0.05, 0) is 43.4 Å². The van der Waals surface area contributed by atoms with Gasteiger partial charge in [-0.1, -0.05) is 30.3 Å². The van der Waals surface area contributed by atoms with E-state index in [-0.39, 0.29) is 29.0 Å². The number of aromatic nitrogens is 1. The number of carbonyl (C=O) groups excluding carboxylic acids is 2. The van der Waals surface area contributed by atoms with E-state index in [1.54, 1.807) is 16.4 Å². The normalized spacial score (nSPS) is 13.4. The molecular formula is C22H27N3O3. The smallest absolute Gasteiger partial charge is 0.263 e. The van der Waals surface area contributed by atoms with Crippen LogP contribution in [0, 0.1) is 0 Å². The van der Waals surface area contributed by atoms with E-state index in [0.29, 0.717) is 32.5 Å². The molecule has 0 fully saturated rings. The molecule has 1 aliphatic heterocycles. The number of fused-ring (bicyclic) bond motifs is 1. The van der Waals surface area contributed by atoms with Gasteiger partial charge in [-0.15, -0.1) is 0 Å². The summed E-state index contributed by atoms with van der Waals surface area (Å²) in [5.41, 5.74) is 2.75. The third kappa shape index (κ3) is 4.32. The Morgan fingerprint density at radius 1 is 1.18 bits per heavy atom. The topological polar surface area (TPSA) is 71.4 Å². The Hall–Kier alpha value is -2.89. The molecule has 1 aliphatic rings. The fourth-order valence-electron chi connectivity index (χ4n) is 3.61.